The van der Waals surface area contributed by atoms with Crippen molar-refractivity contribution in [3.63, 3.8) is 0 Å². The first-order valence-electron chi connectivity index (χ1n) is 7.73. The molecule has 1 aliphatic heterocycles. The Hall–Kier alpha value is -1.06. The van der Waals surface area contributed by atoms with Crippen molar-refractivity contribution < 1.29 is 5.11 Å². The van der Waals surface area contributed by atoms with E-state index in [9.17, 15) is 5.11 Å². The van der Waals surface area contributed by atoms with Crippen LogP contribution >= 0.6 is 0 Å². The second-order valence-electron chi connectivity index (χ2n) is 6.38. The molecule has 1 aliphatic rings. The van der Waals surface area contributed by atoms with Crippen LogP contribution in [0, 0.1) is 12.8 Å². The molecule has 0 radical (unpaired) electrons. The molecule has 1 aromatic rings. The van der Waals surface area contributed by atoms with Crippen LogP contribution in [0.2, 0.25) is 0 Å². The minimum atomic E-state index is 0.242. The Morgan fingerprint density at radius 3 is 2.80 bits per heavy atom. The number of hydrogen-bond donors (Lipinski definition) is 2. The highest BCUT2D eigenvalue weighted by Crippen LogP contribution is 2.32. The number of nitrogens with zero attached hydrogens (tertiary/aromatic N) is 1. The first kappa shape index (κ1) is 15.3. The van der Waals surface area contributed by atoms with Crippen LogP contribution < -0.4 is 10.2 Å². The van der Waals surface area contributed by atoms with Crippen molar-refractivity contribution in [3.05, 3.63) is 29.3 Å². The molecule has 2 rings (SSSR count). The summed E-state index contributed by atoms with van der Waals surface area (Å²) in [5.74, 6) is 0.562. The molecule has 0 aromatic heterocycles. The topological polar surface area (TPSA) is 35.5 Å². The van der Waals surface area contributed by atoms with Crippen LogP contribution in [0.3, 0.4) is 0 Å². The zero-order chi connectivity index (χ0) is 14.7. The summed E-state index contributed by atoms with van der Waals surface area (Å²) in [6, 6.07) is 7.39. The van der Waals surface area contributed by atoms with Gasteiger partial charge in [0.25, 0.3) is 0 Å². The van der Waals surface area contributed by atoms with Crippen LogP contribution in [0.25, 0.3) is 0 Å². The van der Waals surface area contributed by atoms with E-state index >= 15 is 0 Å². The number of hydrogen-bond acceptors (Lipinski definition) is 3. The highest BCUT2D eigenvalue weighted by Gasteiger charge is 2.31. The average Bonchev–Trinajstić information content (AvgIpc) is 2.77. The van der Waals surface area contributed by atoms with E-state index in [1.807, 2.05) is 0 Å². The summed E-state index contributed by atoms with van der Waals surface area (Å²) in [5, 5.41) is 13.2. The molecule has 3 heteroatoms. The lowest BCUT2D eigenvalue weighted by Gasteiger charge is -2.30. The number of aliphatic hydroxyl groups excluding tert-OH is 1. The van der Waals surface area contributed by atoms with E-state index < -0.39 is 0 Å². The molecule has 0 saturated carbocycles. The van der Waals surface area contributed by atoms with Crippen LogP contribution in [-0.2, 0) is 6.54 Å². The van der Waals surface area contributed by atoms with Gasteiger partial charge in [-0.05, 0) is 30.9 Å². The van der Waals surface area contributed by atoms with E-state index in [0.717, 1.165) is 19.5 Å². The van der Waals surface area contributed by atoms with Crippen molar-refractivity contribution in [1.29, 1.82) is 0 Å². The summed E-state index contributed by atoms with van der Waals surface area (Å²) in [4.78, 5) is 2.39. The molecule has 112 valence electrons. The van der Waals surface area contributed by atoms with Crippen molar-refractivity contribution in [3.8, 4) is 0 Å². The molecule has 2 atom stereocenters. The van der Waals surface area contributed by atoms with Crippen molar-refractivity contribution in [2.75, 3.05) is 18.1 Å². The molecular formula is C17H28N2O. The van der Waals surface area contributed by atoms with Gasteiger partial charge in [0.15, 0.2) is 0 Å². The van der Waals surface area contributed by atoms with E-state index in [4.69, 9.17) is 0 Å². The molecule has 0 amide bonds. The monoisotopic (exact) mass is 276 g/mol. The lowest BCUT2D eigenvalue weighted by molar-refractivity contribution is 0.244. The normalized spacial score (nSPS) is 22.8. The lowest BCUT2D eigenvalue weighted by Crippen LogP contribution is -2.36. The van der Waals surface area contributed by atoms with E-state index in [0.29, 0.717) is 12.0 Å². The van der Waals surface area contributed by atoms with E-state index in [-0.39, 0.29) is 12.6 Å². The predicted octanol–water partition coefficient (Wildman–Crippen LogP) is 2.70. The summed E-state index contributed by atoms with van der Waals surface area (Å²) >= 11 is 0. The summed E-state index contributed by atoms with van der Waals surface area (Å²) in [7, 11) is 0. The molecule has 2 unspecified atom stereocenters. The fourth-order valence-corrected chi connectivity index (χ4v) is 3.04. The van der Waals surface area contributed by atoms with E-state index in [2.05, 4.69) is 56.1 Å². The van der Waals surface area contributed by atoms with Crippen molar-refractivity contribution in [1.82, 2.24) is 5.32 Å². The molecule has 3 nitrogen and oxygen atoms in total. The maximum absolute atomic E-state index is 9.67. The van der Waals surface area contributed by atoms with Crippen LogP contribution in [0.5, 0.6) is 0 Å². The van der Waals surface area contributed by atoms with Gasteiger partial charge in [-0.1, -0.05) is 38.5 Å². The number of anilines is 1. The summed E-state index contributed by atoms with van der Waals surface area (Å²) in [6.45, 7) is 10.9. The fourth-order valence-electron chi connectivity index (χ4n) is 3.04. The third-order valence-corrected chi connectivity index (χ3v) is 4.31. The Morgan fingerprint density at radius 1 is 1.40 bits per heavy atom. The van der Waals surface area contributed by atoms with Gasteiger partial charge in [-0.3, -0.25) is 0 Å². The van der Waals surface area contributed by atoms with Gasteiger partial charge in [-0.2, -0.15) is 0 Å². The first-order valence-corrected chi connectivity index (χ1v) is 7.73. The third-order valence-electron chi connectivity index (χ3n) is 4.31. The van der Waals surface area contributed by atoms with Crippen LogP contribution in [0.4, 0.5) is 5.69 Å². The zero-order valence-corrected chi connectivity index (χ0v) is 13.2. The van der Waals surface area contributed by atoms with Gasteiger partial charge in [0.05, 0.1) is 12.6 Å². The van der Waals surface area contributed by atoms with Gasteiger partial charge in [0, 0.05) is 24.8 Å². The number of aryl methyl sites for hydroxylation is 1. The Morgan fingerprint density at radius 2 is 2.15 bits per heavy atom. The second-order valence-corrected chi connectivity index (χ2v) is 6.38. The molecule has 1 fully saturated rings. The van der Waals surface area contributed by atoms with Gasteiger partial charge in [0.1, 0.15) is 0 Å². The molecule has 0 spiro atoms. The van der Waals surface area contributed by atoms with Gasteiger partial charge in [-0.15, -0.1) is 0 Å². The largest absolute Gasteiger partial charge is 0.394 e. The standard InChI is InChI=1S/C17H28N2O/c1-12(2)18-10-15-9-13(3)5-6-16(15)19-8-7-14(4)17(19)11-20/h5-6,9,12,14,17-18,20H,7-8,10-11H2,1-4H3. The highest BCUT2D eigenvalue weighted by atomic mass is 16.3. The molecular weight excluding hydrogens is 248 g/mol. The SMILES string of the molecule is Cc1ccc(N2CCC(C)C2CO)c(CNC(C)C)c1. The second kappa shape index (κ2) is 6.59. The first-order chi connectivity index (χ1) is 9.52. The number of benzene rings is 1. The van der Waals surface area contributed by atoms with Crippen molar-refractivity contribution in [2.45, 2.75) is 52.7 Å². The summed E-state index contributed by atoms with van der Waals surface area (Å²) < 4.78 is 0. The molecule has 1 heterocycles. The minimum Gasteiger partial charge on any atom is -0.394 e. The molecule has 1 aromatic carbocycles. The Bertz CT molecular complexity index is 445. The molecule has 20 heavy (non-hydrogen) atoms. The average molecular weight is 276 g/mol. The van der Waals surface area contributed by atoms with Gasteiger partial charge in [0.2, 0.25) is 0 Å². The van der Waals surface area contributed by atoms with Gasteiger partial charge >= 0.3 is 0 Å². The smallest absolute Gasteiger partial charge is 0.0637 e. The van der Waals surface area contributed by atoms with Crippen LogP contribution in [0.1, 0.15) is 38.3 Å². The van der Waals surface area contributed by atoms with Crippen LogP contribution in [0.15, 0.2) is 18.2 Å². The Labute approximate surface area is 123 Å². The number of rotatable bonds is 5. The third kappa shape index (κ3) is 3.33. The fraction of sp³-hybridized carbons (Fsp3) is 0.647. The maximum atomic E-state index is 9.67. The molecule has 2 N–H and O–H groups in total. The van der Waals surface area contributed by atoms with Gasteiger partial charge < -0.3 is 15.3 Å². The maximum Gasteiger partial charge on any atom is 0.0637 e. The summed E-state index contributed by atoms with van der Waals surface area (Å²) in [6.07, 6.45) is 1.16. The Balaban J connectivity index is 2.26. The van der Waals surface area contributed by atoms with Gasteiger partial charge in [-0.25, -0.2) is 0 Å². The van der Waals surface area contributed by atoms with Crippen molar-refractivity contribution in [2.24, 2.45) is 5.92 Å². The highest BCUT2D eigenvalue weighted by molar-refractivity contribution is 5.56. The Kier molecular flexibility index (Phi) is 5.06. The lowest BCUT2D eigenvalue weighted by atomic mass is 10.0. The van der Waals surface area contributed by atoms with Crippen molar-refractivity contribution >= 4 is 5.69 Å². The predicted molar refractivity (Wildman–Crippen MR) is 85.2 cm³/mol. The van der Waals surface area contributed by atoms with E-state index in [1.54, 1.807) is 0 Å². The minimum absolute atomic E-state index is 0.242. The zero-order valence-electron chi connectivity index (χ0n) is 13.2. The summed E-state index contributed by atoms with van der Waals surface area (Å²) in [5.41, 5.74) is 3.92. The van der Waals surface area contributed by atoms with Crippen LogP contribution in [-0.4, -0.2) is 30.3 Å². The quantitative estimate of drug-likeness (QED) is 0.868. The van der Waals surface area contributed by atoms with E-state index in [1.165, 1.54) is 16.8 Å². The molecule has 0 bridgehead atoms. The molecule has 0 aliphatic carbocycles. The number of aliphatic hydroxyl groups is 1. The molecule has 1 saturated heterocycles. The number of nitrogens with one attached hydrogen (secondary N) is 1.